The van der Waals surface area contributed by atoms with Crippen molar-refractivity contribution in [3.05, 3.63) is 69.8 Å². The number of ketones is 1. The Morgan fingerprint density at radius 3 is 2.14 bits per heavy atom. The number of likely N-dealkylation sites (N-methyl/N-ethyl adjacent to an activating group) is 1. The van der Waals surface area contributed by atoms with Crippen LogP contribution in [0.2, 0.25) is 0 Å². The van der Waals surface area contributed by atoms with Crippen LogP contribution >= 0.6 is 15.2 Å². The number of rotatable bonds is 16. The Balaban J connectivity index is 1.54. The fourth-order valence-corrected chi connectivity index (χ4v) is 13.3. The number of amides is 1. The van der Waals surface area contributed by atoms with Gasteiger partial charge in [-0.15, -0.1) is 0 Å². The summed E-state index contributed by atoms with van der Waals surface area (Å²) in [7, 11) is -7.59. The monoisotopic (exact) mass is 1210 g/mol. The van der Waals surface area contributed by atoms with Crippen molar-refractivity contribution >= 4 is 56.8 Å². The Kier molecular flexibility index (Phi) is 23.1. The highest BCUT2D eigenvalue weighted by Crippen LogP contribution is 2.61. The summed E-state index contributed by atoms with van der Waals surface area (Å²) in [5.74, 6) is -8.86. The topological polar surface area (TPSA) is 356 Å². The number of piperidine rings is 1. The number of phenolic OH excluding ortho intramolecular Hbond substituents is 1. The van der Waals surface area contributed by atoms with Gasteiger partial charge in [-0.2, -0.15) is 0 Å². The Morgan fingerprint density at radius 2 is 1.57 bits per heavy atom. The van der Waals surface area contributed by atoms with Crippen LogP contribution in [0.3, 0.4) is 0 Å². The summed E-state index contributed by atoms with van der Waals surface area (Å²) in [6.45, 7) is 19.7. The van der Waals surface area contributed by atoms with E-state index in [0.29, 0.717) is 38.1 Å². The maximum Gasteiger partial charge on any atom is 0.340 e. The predicted molar refractivity (Wildman–Crippen MR) is 303 cm³/mol. The lowest BCUT2D eigenvalue weighted by molar-refractivity contribution is -0.165. The number of benzene rings is 1. The fourth-order valence-electron chi connectivity index (χ4n) is 10.8. The number of carbonyl (C=O) groups excluding carboxylic acids is 6. The van der Waals surface area contributed by atoms with Crippen LogP contribution in [0.1, 0.15) is 127 Å². The molecular formula is C56H83N5O20P2. The second-order valence-corrected chi connectivity index (χ2v) is 26.9. The summed E-state index contributed by atoms with van der Waals surface area (Å²) in [6.07, 6.45) is 3.16. The molecule has 1 aromatic carbocycles. The Hall–Kier alpha value is -5.59. The molecule has 0 saturated carbocycles. The number of phenols is 1. The molecule has 1 amide bonds. The molecule has 27 heteroatoms. The third-order valence-electron chi connectivity index (χ3n) is 15.3. The van der Waals surface area contributed by atoms with Gasteiger partial charge < -0.3 is 73.7 Å². The van der Waals surface area contributed by atoms with Crippen LogP contribution in [0.4, 0.5) is 0 Å². The molecule has 4 bridgehead atoms. The van der Waals surface area contributed by atoms with Gasteiger partial charge in [-0.3, -0.25) is 47.8 Å². The molecule has 5 aliphatic rings. The van der Waals surface area contributed by atoms with E-state index < -0.39 is 128 Å². The number of allylic oxidation sites excluding steroid dienone is 4. The zero-order valence-electron chi connectivity index (χ0n) is 49.4. The van der Waals surface area contributed by atoms with E-state index in [-0.39, 0.29) is 70.4 Å². The molecule has 8 atom stereocenters. The molecule has 25 nitrogen and oxygen atoms in total. The molecule has 1 aliphatic carbocycles. The van der Waals surface area contributed by atoms with Crippen LogP contribution in [0, 0.1) is 36.5 Å². The summed E-state index contributed by atoms with van der Waals surface area (Å²) < 4.78 is 58.9. The molecule has 1 saturated heterocycles. The standard InChI is InChI=1S/C56H83N5O20P2/c1-30(2)27-61-22-20-56(21-23-61)58-45-43-38(29-62)53-36(8)49(67)44(43)50(68)47(46(45)59-56)57-54(69)32(4)16-14-15-31(3)51(80-41(65)28-60(12)24-26-77-40(64)17-18-42(82(70,71)72)83(73,74)75)34(6)48(66)35(7)52(79-37(9)63)33(5)39(76-13)19-25-78-55(10,11)81-53/h14-16,19,25,29-31,33-35,39,42,48,51-52,59,66-67H,17-18,20-24,26-28H2,1-13H3,(H,57,69)(H2,70,71,72)(H2,73,74,75)/b15-14+,25-19+,32-16-/t31-,33+,34-,35+,39-,48+,51-,52+/m0/s1. The number of Topliss-reactive ketones (excluding diaryl/α,β-unsaturated/α-hetero) is 1. The summed E-state index contributed by atoms with van der Waals surface area (Å²) in [6, 6.07) is 0. The van der Waals surface area contributed by atoms with Crippen LogP contribution in [0.5, 0.6) is 11.5 Å². The van der Waals surface area contributed by atoms with Gasteiger partial charge in [0, 0.05) is 114 Å². The lowest BCUT2D eigenvalue weighted by Gasteiger charge is -2.39. The number of aldehydes is 1. The van der Waals surface area contributed by atoms with Crippen molar-refractivity contribution in [3.63, 3.8) is 0 Å². The number of aromatic hydroxyl groups is 1. The van der Waals surface area contributed by atoms with Crippen molar-refractivity contribution in [2.24, 2.45) is 34.6 Å². The van der Waals surface area contributed by atoms with Gasteiger partial charge in [0.15, 0.2) is 11.7 Å². The number of esters is 3. The number of hydrogen-bond acceptors (Lipinski definition) is 20. The number of nitrogens with zero attached hydrogens (tertiary/aromatic N) is 3. The van der Waals surface area contributed by atoms with Crippen molar-refractivity contribution in [2.45, 2.75) is 143 Å². The summed E-state index contributed by atoms with van der Waals surface area (Å²) in [5.41, 5.74) is -1.02. The predicted octanol–water partition coefficient (Wildman–Crippen LogP) is 4.74. The minimum atomic E-state index is -5.26. The molecule has 4 aliphatic heterocycles. The van der Waals surface area contributed by atoms with Gasteiger partial charge in [-0.1, -0.05) is 59.8 Å². The quantitative estimate of drug-likeness (QED) is 0.0479. The zero-order chi connectivity index (χ0) is 62.3. The molecule has 0 aromatic heterocycles. The van der Waals surface area contributed by atoms with Crippen LogP contribution in [0.25, 0.3) is 0 Å². The molecule has 1 spiro atoms. The van der Waals surface area contributed by atoms with E-state index >= 15 is 0 Å². The summed E-state index contributed by atoms with van der Waals surface area (Å²) in [5, 5.41) is 28.1. The van der Waals surface area contributed by atoms with Gasteiger partial charge >= 0.3 is 33.1 Å². The first-order valence-electron chi connectivity index (χ1n) is 27.5. The third-order valence-corrected chi connectivity index (χ3v) is 19.2. The van der Waals surface area contributed by atoms with Crippen molar-refractivity contribution in [2.75, 3.05) is 53.5 Å². The number of aliphatic hydroxyl groups is 1. The number of aliphatic imine (C=N–C) groups is 1. The zero-order valence-corrected chi connectivity index (χ0v) is 51.2. The normalized spacial score (nSPS) is 26.8. The number of methoxy groups -OCH3 is 1. The van der Waals surface area contributed by atoms with E-state index in [9.17, 15) is 67.7 Å². The fraction of sp³-hybridized carbons (Fsp3) is 0.625. The van der Waals surface area contributed by atoms with E-state index in [0.717, 1.165) is 6.54 Å². The first kappa shape index (κ1) is 68.2. The molecule has 6 rings (SSSR count). The molecular weight excluding hydrogens is 1120 g/mol. The molecule has 8 N–H and O–H groups in total. The number of aliphatic hydroxyl groups excluding tert-OH is 1. The van der Waals surface area contributed by atoms with Crippen molar-refractivity contribution in [1.82, 2.24) is 20.4 Å². The van der Waals surface area contributed by atoms with Gasteiger partial charge in [-0.05, 0) is 39.3 Å². The van der Waals surface area contributed by atoms with Gasteiger partial charge in [0.2, 0.25) is 11.6 Å². The molecule has 1 aromatic rings. The number of ether oxygens (including phenoxy) is 6. The second-order valence-electron chi connectivity index (χ2n) is 22.9. The highest BCUT2D eigenvalue weighted by Gasteiger charge is 2.49. The third kappa shape index (κ3) is 17.1. The van der Waals surface area contributed by atoms with Crippen molar-refractivity contribution < 1.29 is 96.1 Å². The minimum Gasteiger partial charge on any atom is -0.507 e. The molecule has 4 heterocycles. The largest absolute Gasteiger partial charge is 0.507 e. The number of fused-ring (bicyclic) bond motifs is 17. The van der Waals surface area contributed by atoms with Crippen molar-refractivity contribution in [1.29, 1.82) is 0 Å². The Bertz CT molecular complexity index is 2840. The van der Waals surface area contributed by atoms with Crippen LogP contribution in [-0.2, 0) is 52.0 Å². The second kappa shape index (κ2) is 28.1. The molecule has 1 fully saturated rings. The van der Waals surface area contributed by atoms with E-state index in [1.54, 1.807) is 59.8 Å². The van der Waals surface area contributed by atoms with E-state index in [1.165, 1.54) is 52.2 Å². The molecule has 83 heavy (non-hydrogen) atoms. The molecule has 0 unspecified atom stereocenters. The maximum absolute atomic E-state index is 14.9. The smallest absolute Gasteiger partial charge is 0.340 e. The van der Waals surface area contributed by atoms with E-state index in [2.05, 4.69) is 29.4 Å². The number of nitrogens with one attached hydrogen (secondary N) is 2. The first-order valence-corrected chi connectivity index (χ1v) is 30.9. The minimum absolute atomic E-state index is 0.0162. The molecule has 462 valence electrons. The van der Waals surface area contributed by atoms with Gasteiger partial charge in [0.1, 0.15) is 41.7 Å². The van der Waals surface area contributed by atoms with Crippen molar-refractivity contribution in [3.8, 4) is 11.5 Å². The highest BCUT2D eigenvalue weighted by molar-refractivity contribution is 7.70. The van der Waals surface area contributed by atoms with E-state index in [4.69, 9.17) is 33.4 Å². The van der Waals surface area contributed by atoms with E-state index in [1.807, 2.05) is 0 Å². The van der Waals surface area contributed by atoms with Gasteiger partial charge in [0.05, 0.1) is 47.6 Å². The molecule has 0 radical (unpaired) electrons. The average Bonchev–Trinajstić information content (AvgIpc) is 2.44. The lowest BCUT2D eigenvalue weighted by atomic mass is 9.78. The van der Waals surface area contributed by atoms with Crippen LogP contribution in [-0.4, -0.2) is 176 Å². The van der Waals surface area contributed by atoms with Crippen LogP contribution < -0.4 is 15.4 Å². The van der Waals surface area contributed by atoms with Gasteiger partial charge in [-0.25, -0.2) is 0 Å². The van der Waals surface area contributed by atoms with Crippen LogP contribution in [0.15, 0.2) is 52.5 Å². The Labute approximate surface area is 484 Å². The van der Waals surface area contributed by atoms with Gasteiger partial charge in [0.25, 0.3) is 5.91 Å². The lowest BCUT2D eigenvalue weighted by Crippen LogP contribution is -2.50. The first-order chi connectivity index (χ1) is 38.6. The summed E-state index contributed by atoms with van der Waals surface area (Å²) in [4.78, 5) is 128. The maximum atomic E-state index is 14.9. The number of carbonyl (C=O) groups is 6. The highest BCUT2D eigenvalue weighted by atomic mass is 31.2. The summed E-state index contributed by atoms with van der Waals surface area (Å²) >= 11 is 0. The number of hydrogen-bond donors (Lipinski definition) is 8. The Morgan fingerprint density at radius 1 is 0.940 bits per heavy atom. The number of likely N-dealkylation sites (tertiary alicyclic amines) is 1. The SMILES string of the molecule is CO[C@H]1/C=C/OC(C)(C)Oc2c(C)c(O)c3c(c2C=O)C2=NC4(CCN(CC(C)C)CC4)NC2=C(NC(=O)/C(C)=C\C=C\[C@H](C)[C@H](OC(=O)CN(C)CCOC(=O)CCC(P(=O)(O)O)P(=O)(O)O)[C@@H](C)[C@@H](O)[C@@H](C)[C@H](OC(C)=O)[C@@H]1C)C3=O. The average molecular weight is 1210 g/mol.